The fraction of sp³-hybridized carbons (Fsp3) is 0.571. The van der Waals surface area contributed by atoms with Crippen molar-refractivity contribution >= 4 is 0 Å². The second-order valence-corrected chi connectivity index (χ2v) is 2.53. The number of hydrogen-bond donors (Lipinski definition) is 0. The molecule has 1 aromatic heterocycles. The fourth-order valence-electron chi connectivity index (χ4n) is 0.874. The summed E-state index contributed by atoms with van der Waals surface area (Å²) in [6.07, 6.45) is 0. The lowest BCUT2D eigenvalue weighted by atomic mass is 10.8. The van der Waals surface area contributed by atoms with Gasteiger partial charge in [0.2, 0.25) is 0 Å². The lowest BCUT2D eigenvalue weighted by Gasteiger charge is -1.98. The molecule has 1 rings (SSSR count). The Hall–Kier alpha value is -1.59. The Labute approximate surface area is 73.8 Å². The fourth-order valence-corrected chi connectivity index (χ4v) is 0.874. The molecular formula is C7H11N3O3. The summed E-state index contributed by atoms with van der Waals surface area (Å²) >= 11 is 0. The van der Waals surface area contributed by atoms with Gasteiger partial charge in [-0.1, -0.05) is 0 Å². The SMILES string of the molecule is CC/N=c1\oc(=O)n(C)c(=O)n1C. The van der Waals surface area contributed by atoms with Gasteiger partial charge in [0.15, 0.2) is 0 Å². The summed E-state index contributed by atoms with van der Waals surface area (Å²) < 4.78 is 6.83. The van der Waals surface area contributed by atoms with Gasteiger partial charge in [0.05, 0.1) is 0 Å². The first kappa shape index (κ1) is 9.50. The number of aromatic nitrogens is 2. The zero-order chi connectivity index (χ0) is 10.0. The van der Waals surface area contributed by atoms with E-state index in [0.717, 1.165) is 4.57 Å². The average molecular weight is 185 g/mol. The van der Waals surface area contributed by atoms with E-state index in [0.29, 0.717) is 6.54 Å². The predicted octanol–water partition coefficient (Wildman–Crippen LogP) is -1.40. The monoisotopic (exact) mass is 185 g/mol. The van der Waals surface area contributed by atoms with Crippen molar-refractivity contribution in [2.45, 2.75) is 6.92 Å². The highest BCUT2D eigenvalue weighted by atomic mass is 16.4. The smallest absolute Gasteiger partial charge is 0.375 e. The largest absolute Gasteiger partial charge is 0.425 e. The van der Waals surface area contributed by atoms with E-state index in [1.807, 2.05) is 0 Å². The quantitative estimate of drug-likeness (QED) is 0.540. The highest BCUT2D eigenvalue weighted by Crippen LogP contribution is 1.64. The van der Waals surface area contributed by atoms with Crippen LogP contribution in [-0.4, -0.2) is 15.7 Å². The topological polar surface area (TPSA) is 69.5 Å². The minimum atomic E-state index is -0.699. The maximum absolute atomic E-state index is 11.3. The molecule has 0 N–H and O–H groups in total. The molecule has 0 unspecified atom stereocenters. The van der Waals surface area contributed by atoms with E-state index in [1.54, 1.807) is 6.92 Å². The van der Waals surface area contributed by atoms with E-state index in [2.05, 4.69) is 4.99 Å². The predicted molar refractivity (Wildman–Crippen MR) is 45.3 cm³/mol. The van der Waals surface area contributed by atoms with Crippen LogP contribution in [0.15, 0.2) is 19.0 Å². The summed E-state index contributed by atoms with van der Waals surface area (Å²) in [6, 6.07) is 0. The van der Waals surface area contributed by atoms with Gasteiger partial charge in [0, 0.05) is 20.6 Å². The van der Waals surface area contributed by atoms with Gasteiger partial charge in [-0.15, -0.1) is 0 Å². The third-order valence-electron chi connectivity index (χ3n) is 1.61. The third-order valence-corrected chi connectivity index (χ3v) is 1.61. The first-order valence-electron chi connectivity index (χ1n) is 3.85. The van der Waals surface area contributed by atoms with Crippen molar-refractivity contribution < 1.29 is 4.42 Å². The second-order valence-electron chi connectivity index (χ2n) is 2.53. The van der Waals surface area contributed by atoms with Crippen LogP contribution in [0, 0.1) is 0 Å². The van der Waals surface area contributed by atoms with Crippen LogP contribution >= 0.6 is 0 Å². The maximum Gasteiger partial charge on any atom is 0.425 e. The standard InChI is InChI=1S/C7H11N3O3/c1-4-8-5-9(2)6(11)10(3)7(12)13-5/h4H2,1-3H3/b8-5-. The number of hydrogen-bond acceptors (Lipinski definition) is 4. The second kappa shape index (κ2) is 3.42. The molecule has 0 amide bonds. The molecule has 0 aromatic carbocycles. The van der Waals surface area contributed by atoms with E-state index in [9.17, 15) is 9.59 Å². The minimum absolute atomic E-state index is 0.0515. The molecule has 0 atom stereocenters. The Morgan fingerprint density at radius 3 is 2.46 bits per heavy atom. The van der Waals surface area contributed by atoms with Gasteiger partial charge in [-0.25, -0.2) is 19.1 Å². The molecule has 13 heavy (non-hydrogen) atoms. The van der Waals surface area contributed by atoms with Gasteiger partial charge in [-0.3, -0.25) is 4.57 Å². The molecule has 6 nitrogen and oxygen atoms in total. The van der Waals surface area contributed by atoms with Crippen molar-refractivity contribution in [2.75, 3.05) is 6.54 Å². The molecule has 0 radical (unpaired) electrons. The highest BCUT2D eigenvalue weighted by Gasteiger charge is 2.01. The van der Waals surface area contributed by atoms with Crippen molar-refractivity contribution in [1.29, 1.82) is 0 Å². The average Bonchev–Trinajstić information content (AvgIpc) is 2.11. The van der Waals surface area contributed by atoms with Crippen LogP contribution in [0.4, 0.5) is 0 Å². The lowest BCUT2D eigenvalue weighted by Crippen LogP contribution is -2.44. The summed E-state index contributed by atoms with van der Waals surface area (Å²) in [6.45, 7) is 2.25. The van der Waals surface area contributed by atoms with Gasteiger partial charge >= 0.3 is 17.1 Å². The van der Waals surface area contributed by atoms with Crippen LogP contribution < -0.4 is 17.1 Å². The number of nitrogens with zero attached hydrogens (tertiary/aromatic N) is 3. The summed E-state index contributed by atoms with van der Waals surface area (Å²) in [5.74, 6) is -0.699. The zero-order valence-electron chi connectivity index (χ0n) is 7.77. The van der Waals surface area contributed by atoms with E-state index in [-0.39, 0.29) is 5.68 Å². The molecule has 0 bridgehead atoms. The molecule has 0 saturated heterocycles. The van der Waals surface area contributed by atoms with E-state index in [4.69, 9.17) is 4.42 Å². The van der Waals surface area contributed by atoms with E-state index >= 15 is 0 Å². The Bertz CT molecular complexity index is 477. The maximum atomic E-state index is 11.3. The van der Waals surface area contributed by atoms with Crippen molar-refractivity contribution in [1.82, 2.24) is 9.13 Å². The molecule has 0 aliphatic rings. The normalized spacial score (nSPS) is 12.1. The van der Waals surface area contributed by atoms with Crippen LogP contribution in [0.3, 0.4) is 0 Å². The molecule has 0 spiro atoms. The molecule has 0 aliphatic heterocycles. The van der Waals surface area contributed by atoms with Crippen molar-refractivity contribution in [3.8, 4) is 0 Å². The lowest BCUT2D eigenvalue weighted by molar-refractivity contribution is 0.336. The van der Waals surface area contributed by atoms with Gasteiger partial charge in [-0.2, -0.15) is 0 Å². The van der Waals surface area contributed by atoms with E-state index < -0.39 is 11.4 Å². The molecule has 1 aromatic rings. The van der Waals surface area contributed by atoms with Gasteiger partial charge < -0.3 is 4.42 Å². The van der Waals surface area contributed by atoms with Crippen LogP contribution in [0.5, 0.6) is 0 Å². The molecule has 72 valence electrons. The molecule has 1 heterocycles. The van der Waals surface area contributed by atoms with Gasteiger partial charge in [0.1, 0.15) is 0 Å². The molecule has 6 heteroatoms. The Kier molecular flexibility index (Phi) is 2.50. The van der Waals surface area contributed by atoms with Gasteiger partial charge in [0.25, 0.3) is 0 Å². The van der Waals surface area contributed by atoms with Crippen molar-refractivity contribution in [3.05, 3.63) is 26.7 Å². The van der Waals surface area contributed by atoms with Gasteiger partial charge in [-0.05, 0) is 6.92 Å². The van der Waals surface area contributed by atoms with Crippen molar-refractivity contribution in [3.63, 3.8) is 0 Å². The molecular weight excluding hydrogens is 174 g/mol. The summed E-state index contributed by atoms with van der Waals surface area (Å²) in [4.78, 5) is 26.2. The Morgan fingerprint density at radius 2 is 1.92 bits per heavy atom. The van der Waals surface area contributed by atoms with Crippen molar-refractivity contribution in [2.24, 2.45) is 19.1 Å². The first-order chi connectivity index (χ1) is 6.07. The Balaban J connectivity index is 3.71. The molecule has 0 aliphatic carbocycles. The molecule has 0 fully saturated rings. The highest BCUT2D eigenvalue weighted by molar-refractivity contribution is 4.64. The van der Waals surface area contributed by atoms with Crippen LogP contribution in [0.25, 0.3) is 0 Å². The Morgan fingerprint density at radius 1 is 1.31 bits per heavy atom. The third kappa shape index (κ3) is 1.61. The van der Waals surface area contributed by atoms with Crippen LogP contribution in [0.2, 0.25) is 0 Å². The summed E-state index contributed by atoms with van der Waals surface area (Å²) in [7, 11) is 2.85. The summed E-state index contributed by atoms with van der Waals surface area (Å²) in [5.41, 5.74) is -0.390. The zero-order valence-corrected chi connectivity index (χ0v) is 7.77. The molecule has 0 saturated carbocycles. The summed E-state index contributed by atoms with van der Waals surface area (Å²) in [5, 5.41) is 0. The van der Waals surface area contributed by atoms with Crippen LogP contribution in [0.1, 0.15) is 6.92 Å². The van der Waals surface area contributed by atoms with Crippen LogP contribution in [-0.2, 0) is 14.1 Å². The minimum Gasteiger partial charge on any atom is -0.375 e. The van der Waals surface area contributed by atoms with E-state index in [1.165, 1.54) is 18.7 Å². The first-order valence-corrected chi connectivity index (χ1v) is 3.85. The number of rotatable bonds is 1.